The molecule has 0 aliphatic heterocycles. The molecular weight excluding hydrogens is 206 g/mol. The Morgan fingerprint density at radius 3 is 2.19 bits per heavy atom. The molecule has 0 fully saturated rings. The number of aromatic carboxylic acids is 1. The Kier molecular flexibility index (Phi) is 6.96. The van der Waals surface area contributed by atoms with Crippen molar-refractivity contribution in [2.24, 2.45) is 0 Å². The molecule has 16 heavy (non-hydrogen) atoms. The summed E-state index contributed by atoms with van der Waals surface area (Å²) in [6.07, 6.45) is 0. The monoisotopic (exact) mass is 225 g/mol. The zero-order valence-electron chi connectivity index (χ0n) is 9.95. The van der Waals surface area contributed by atoms with E-state index in [2.05, 4.69) is 19.2 Å². The molecule has 0 saturated carbocycles. The van der Waals surface area contributed by atoms with Crippen molar-refractivity contribution in [1.29, 1.82) is 0 Å². The van der Waals surface area contributed by atoms with Crippen LogP contribution in [-0.4, -0.2) is 29.3 Å². The lowest BCUT2D eigenvalue weighted by molar-refractivity contribution is 0.0693. The summed E-state index contributed by atoms with van der Waals surface area (Å²) >= 11 is 0. The van der Waals surface area contributed by atoms with Gasteiger partial charge in [0.2, 0.25) is 0 Å². The first-order chi connectivity index (χ1) is 7.54. The number of carbonyl (C=O) groups is 1. The van der Waals surface area contributed by atoms with Crippen molar-refractivity contribution in [2.75, 3.05) is 13.1 Å². The molecular formula is C12H19NO3. The second kappa shape index (κ2) is 7.70. The lowest BCUT2D eigenvalue weighted by Gasteiger charge is -2.00. The van der Waals surface area contributed by atoms with Crippen molar-refractivity contribution in [3.63, 3.8) is 0 Å². The first-order valence-corrected chi connectivity index (χ1v) is 5.27. The average Bonchev–Trinajstić information content (AvgIpc) is 2.24. The van der Waals surface area contributed by atoms with Gasteiger partial charge in [-0.2, -0.15) is 0 Å². The van der Waals surface area contributed by atoms with Gasteiger partial charge in [-0.1, -0.05) is 26.0 Å². The molecule has 0 saturated heterocycles. The lowest BCUT2D eigenvalue weighted by Crippen LogP contribution is -2.09. The van der Waals surface area contributed by atoms with Gasteiger partial charge in [0, 0.05) is 0 Å². The number of para-hydroxylation sites is 1. The molecule has 4 heteroatoms. The van der Waals surface area contributed by atoms with Crippen LogP contribution in [0.25, 0.3) is 0 Å². The zero-order chi connectivity index (χ0) is 12.6. The molecule has 0 atom stereocenters. The zero-order valence-corrected chi connectivity index (χ0v) is 9.95. The van der Waals surface area contributed by atoms with Crippen molar-refractivity contribution in [2.45, 2.75) is 20.8 Å². The Morgan fingerprint density at radius 1 is 1.31 bits per heavy atom. The molecule has 0 aromatic heterocycles. The molecule has 1 aromatic carbocycles. The highest BCUT2D eigenvalue weighted by atomic mass is 16.4. The van der Waals surface area contributed by atoms with Crippen molar-refractivity contribution in [3.05, 3.63) is 29.3 Å². The summed E-state index contributed by atoms with van der Waals surface area (Å²) in [5.41, 5.74) is 0.523. The molecule has 1 rings (SSSR count). The van der Waals surface area contributed by atoms with Crippen LogP contribution < -0.4 is 5.32 Å². The summed E-state index contributed by atoms with van der Waals surface area (Å²) in [7, 11) is 0. The maximum absolute atomic E-state index is 10.4. The molecule has 0 radical (unpaired) electrons. The minimum absolute atomic E-state index is 0.0509. The Bertz CT molecular complexity index is 335. The fourth-order valence-corrected chi connectivity index (χ4v) is 1.08. The SMILES string of the molecule is CCNCC.Cc1cccc(C(=O)O)c1O. The molecule has 0 unspecified atom stereocenters. The van der Waals surface area contributed by atoms with Crippen molar-refractivity contribution < 1.29 is 15.0 Å². The molecule has 90 valence electrons. The minimum Gasteiger partial charge on any atom is -0.507 e. The van der Waals surface area contributed by atoms with Gasteiger partial charge in [-0.15, -0.1) is 0 Å². The van der Waals surface area contributed by atoms with Gasteiger partial charge in [0.25, 0.3) is 0 Å². The van der Waals surface area contributed by atoms with E-state index in [4.69, 9.17) is 5.11 Å². The second-order valence-electron chi connectivity index (χ2n) is 3.23. The van der Waals surface area contributed by atoms with E-state index in [1.807, 2.05) is 0 Å². The maximum atomic E-state index is 10.4. The second-order valence-corrected chi connectivity index (χ2v) is 3.23. The molecule has 1 aromatic rings. The van der Waals surface area contributed by atoms with Crippen LogP contribution in [0.15, 0.2) is 18.2 Å². The van der Waals surface area contributed by atoms with Crippen molar-refractivity contribution >= 4 is 5.97 Å². The van der Waals surface area contributed by atoms with E-state index in [0.717, 1.165) is 13.1 Å². The minimum atomic E-state index is -1.11. The number of hydrogen-bond donors (Lipinski definition) is 3. The highest BCUT2D eigenvalue weighted by molar-refractivity contribution is 5.91. The number of phenols is 1. The molecule has 4 nitrogen and oxygen atoms in total. The molecule has 0 heterocycles. The lowest BCUT2D eigenvalue weighted by atomic mass is 10.1. The molecule has 0 spiro atoms. The Hall–Kier alpha value is -1.55. The Morgan fingerprint density at radius 2 is 1.88 bits per heavy atom. The predicted octanol–water partition coefficient (Wildman–Crippen LogP) is 2.01. The smallest absolute Gasteiger partial charge is 0.339 e. The van der Waals surface area contributed by atoms with E-state index in [0.29, 0.717) is 5.56 Å². The summed E-state index contributed by atoms with van der Waals surface area (Å²) in [5.74, 6) is -1.26. The quantitative estimate of drug-likeness (QED) is 0.736. The number of nitrogens with one attached hydrogen (secondary N) is 1. The van der Waals surface area contributed by atoms with Crippen molar-refractivity contribution in [1.82, 2.24) is 5.32 Å². The van der Waals surface area contributed by atoms with Crippen LogP contribution >= 0.6 is 0 Å². The van der Waals surface area contributed by atoms with Crippen LogP contribution in [-0.2, 0) is 0 Å². The van der Waals surface area contributed by atoms with Crippen LogP contribution in [0.2, 0.25) is 0 Å². The topological polar surface area (TPSA) is 69.6 Å². The fraction of sp³-hybridized carbons (Fsp3) is 0.417. The van der Waals surface area contributed by atoms with E-state index >= 15 is 0 Å². The first-order valence-electron chi connectivity index (χ1n) is 5.27. The van der Waals surface area contributed by atoms with E-state index in [-0.39, 0.29) is 11.3 Å². The molecule has 0 bridgehead atoms. The standard InChI is InChI=1S/C8H8O3.C4H11N/c1-5-3-2-4-6(7(5)9)8(10)11;1-3-5-4-2/h2-4,9H,1H3,(H,10,11);5H,3-4H2,1-2H3. The first kappa shape index (κ1) is 14.5. The van der Waals surface area contributed by atoms with Gasteiger partial charge in [0.05, 0.1) is 0 Å². The molecule has 0 amide bonds. The summed E-state index contributed by atoms with van der Waals surface area (Å²) in [6.45, 7) is 8.04. The normalized spacial score (nSPS) is 9.19. The van der Waals surface area contributed by atoms with E-state index in [1.54, 1.807) is 19.1 Å². The van der Waals surface area contributed by atoms with Gasteiger partial charge in [0.1, 0.15) is 11.3 Å². The van der Waals surface area contributed by atoms with E-state index in [1.165, 1.54) is 6.07 Å². The third-order valence-electron chi connectivity index (χ3n) is 1.97. The number of carboxylic acids is 1. The number of carboxylic acid groups (broad SMARTS) is 1. The van der Waals surface area contributed by atoms with Gasteiger partial charge in [-0.25, -0.2) is 4.79 Å². The summed E-state index contributed by atoms with van der Waals surface area (Å²) in [5, 5.41) is 20.8. The Labute approximate surface area is 95.9 Å². The van der Waals surface area contributed by atoms with Gasteiger partial charge < -0.3 is 15.5 Å². The van der Waals surface area contributed by atoms with Crippen LogP contribution in [0, 0.1) is 6.92 Å². The Balaban J connectivity index is 0.000000385. The van der Waals surface area contributed by atoms with Gasteiger partial charge in [-0.3, -0.25) is 0 Å². The molecule has 0 aliphatic rings. The van der Waals surface area contributed by atoms with Gasteiger partial charge in [0.15, 0.2) is 0 Å². The fourth-order valence-electron chi connectivity index (χ4n) is 1.08. The summed E-state index contributed by atoms with van der Waals surface area (Å²) in [4.78, 5) is 10.4. The van der Waals surface area contributed by atoms with Crippen LogP contribution in [0.4, 0.5) is 0 Å². The highest BCUT2D eigenvalue weighted by Crippen LogP contribution is 2.20. The predicted molar refractivity (Wildman–Crippen MR) is 64.0 cm³/mol. The van der Waals surface area contributed by atoms with Crippen LogP contribution in [0.5, 0.6) is 5.75 Å². The number of benzene rings is 1. The number of aromatic hydroxyl groups is 1. The number of aryl methyl sites for hydroxylation is 1. The van der Waals surface area contributed by atoms with Crippen LogP contribution in [0.1, 0.15) is 29.8 Å². The van der Waals surface area contributed by atoms with E-state index in [9.17, 15) is 9.90 Å². The summed E-state index contributed by atoms with van der Waals surface area (Å²) < 4.78 is 0. The number of rotatable bonds is 3. The van der Waals surface area contributed by atoms with E-state index < -0.39 is 5.97 Å². The highest BCUT2D eigenvalue weighted by Gasteiger charge is 2.09. The van der Waals surface area contributed by atoms with Crippen LogP contribution in [0.3, 0.4) is 0 Å². The third kappa shape index (κ3) is 4.79. The molecule has 0 aliphatic carbocycles. The third-order valence-corrected chi connectivity index (χ3v) is 1.97. The number of hydrogen-bond acceptors (Lipinski definition) is 3. The molecule has 3 N–H and O–H groups in total. The van der Waals surface area contributed by atoms with Gasteiger partial charge >= 0.3 is 5.97 Å². The summed E-state index contributed by atoms with van der Waals surface area (Å²) in [6, 6.07) is 4.62. The van der Waals surface area contributed by atoms with Gasteiger partial charge in [-0.05, 0) is 31.6 Å². The average molecular weight is 225 g/mol. The maximum Gasteiger partial charge on any atom is 0.339 e. The largest absolute Gasteiger partial charge is 0.507 e. The van der Waals surface area contributed by atoms with Crippen molar-refractivity contribution in [3.8, 4) is 5.75 Å².